The molecular weight excluding hydrogens is 354 g/mol. The summed E-state index contributed by atoms with van der Waals surface area (Å²) in [5.41, 5.74) is 3.69. The van der Waals surface area contributed by atoms with Crippen LogP contribution in [0.25, 0.3) is 27.8 Å². The number of benzene rings is 2. The molecule has 0 aliphatic rings. The maximum absolute atomic E-state index is 12.6. The Bertz CT molecular complexity index is 1250. The summed E-state index contributed by atoms with van der Waals surface area (Å²) in [6.07, 6.45) is 0.841. The van der Waals surface area contributed by atoms with Crippen molar-refractivity contribution in [1.82, 2.24) is 25.1 Å². The van der Waals surface area contributed by atoms with E-state index in [1.54, 1.807) is 22.7 Å². The van der Waals surface area contributed by atoms with E-state index in [2.05, 4.69) is 20.6 Å². The summed E-state index contributed by atoms with van der Waals surface area (Å²) < 4.78 is 1.65. The van der Waals surface area contributed by atoms with E-state index in [1.165, 1.54) is 0 Å². The molecule has 0 unspecified atom stereocenters. The molecule has 0 aliphatic carbocycles. The van der Waals surface area contributed by atoms with Gasteiger partial charge in [0.25, 0.3) is 11.5 Å². The Morgan fingerprint density at radius 3 is 2.82 bits per heavy atom. The zero-order valence-electron chi connectivity index (χ0n) is 16.0. The molecule has 2 heterocycles. The number of carbonyl (C=O) groups is 1. The molecule has 0 saturated carbocycles. The fraction of sp³-hybridized carbons (Fsp3) is 0.238. The standard InChI is InChI=1S/C21H21N5O2/c1-4-13(3)22-20(27)15-8-9-16-17(11-15)26-19(23-21(16)28)18(24-25-26)14-7-5-6-12(2)10-14/h5-11,13,25H,4H2,1-3H3,(H,22,27)/t13-/m0/s1. The van der Waals surface area contributed by atoms with E-state index in [9.17, 15) is 9.59 Å². The van der Waals surface area contributed by atoms with E-state index in [0.717, 1.165) is 17.5 Å². The number of hydrogen-bond donors (Lipinski definition) is 2. The number of aromatic amines is 1. The molecule has 4 aromatic rings. The average molecular weight is 375 g/mol. The molecule has 0 spiro atoms. The molecular formula is C21H21N5O2. The van der Waals surface area contributed by atoms with E-state index in [4.69, 9.17) is 0 Å². The van der Waals surface area contributed by atoms with Gasteiger partial charge in [-0.05, 0) is 44.5 Å². The number of amides is 1. The monoisotopic (exact) mass is 375 g/mol. The van der Waals surface area contributed by atoms with E-state index in [1.807, 2.05) is 45.0 Å². The molecule has 2 aromatic carbocycles. The lowest BCUT2D eigenvalue weighted by molar-refractivity contribution is 0.0939. The predicted molar refractivity (Wildman–Crippen MR) is 109 cm³/mol. The van der Waals surface area contributed by atoms with Gasteiger partial charge in [0.15, 0.2) is 5.65 Å². The first-order chi connectivity index (χ1) is 13.5. The molecule has 0 fully saturated rings. The summed E-state index contributed by atoms with van der Waals surface area (Å²) in [6, 6.07) is 12.9. The fourth-order valence-electron chi connectivity index (χ4n) is 3.16. The van der Waals surface area contributed by atoms with Crippen molar-refractivity contribution in [1.29, 1.82) is 0 Å². The lowest BCUT2D eigenvalue weighted by atomic mass is 10.1. The fourth-order valence-corrected chi connectivity index (χ4v) is 3.16. The molecule has 0 saturated heterocycles. The Morgan fingerprint density at radius 2 is 2.07 bits per heavy atom. The molecule has 7 heteroatoms. The third kappa shape index (κ3) is 3.05. The van der Waals surface area contributed by atoms with Gasteiger partial charge < -0.3 is 5.32 Å². The van der Waals surface area contributed by atoms with E-state index in [-0.39, 0.29) is 17.5 Å². The summed E-state index contributed by atoms with van der Waals surface area (Å²) in [6.45, 7) is 5.96. The molecule has 1 atom stereocenters. The topological polar surface area (TPSA) is 92.2 Å². The molecule has 1 amide bonds. The van der Waals surface area contributed by atoms with Crippen LogP contribution >= 0.6 is 0 Å². The normalized spacial score (nSPS) is 12.4. The predicted octanol–water partition coefficient (Wildman–Crippen LogP) is 3.07. The van der Waals surface area contributed by atoms with E-state index < -0.39 is 0 Å². The van der Waals surface area contributed by atoms with E-state index in [0.29, 0.717) is 27.8 Å². The summed E-state index contributed by atoms with van der Waals surface area (Å²) in [7, 11) is 0. The third-order valence-electron chi connectivity index (χ3n) is 4.91. The van der Waals surface area contributed by atoms with Crippen molar-refractivity contribution >= 4 is 22.5 Å². The van der Waals surface area contributed by atoms with Gasteiger partial charge in [0.1, 0.15) is 5.69 Å². The van der Waals surface area contributed by atoms with Gasteiger partial charge in [-0.3, -0.25) is 9.59 Å². The van der Waals surface area contributed by atoms with Gasteiger partial charge in [-0.1, -0.05) is 30.7 Å². The molecule has 142 valence electrons. The highest BCUT2D eigenvalue weighted by molar-refractivity contribution is 5.98. The van der Waals surface area contributed by atoms with Crippen LogP contribution in [0.5, 0.6) is 0 Å². The van der Waals surface area contributed by atoms with Gasteiger partial charge in [0.2, 0.25) is 0 Å². The van der Waals surface area contributed by atoms with Crippen LogP contribution in [-0.4, -0.2) is 31.8 Å². The maximum atomic E-state index is 12.6. The number of rotatable bonds is 4. The third-order valence-corrected chi connectivity index (χ3v) is 4.91. The lowest BCUT2D eigenvalue weighted by Crippen LogP contribution is -2.31. The minimum Gasteiger partial charge on any atom is -0.350 e. The quantitative estimate of drug-likeness (QED) is 0.573. The first-order valence-electron chi connectivity index (χ1n) is 9.26. The van der Waals surface area contributed by atoms with Crippen LogP contribution in [0.1, 0.15) is 36.2 Å². The second-order valence-electron chi connectivity index (χ2n) is 7.02. The van der Waals surface area contributed by atoms with Gasteiger partial charge in [0, 0.05) is 17.2 Å². The van der Waals surface area contributed by atoms with Crippen LogP contribution in [0, 0.1) is 6.92 Å². The molecule has 7 nitrogen and oxygen atoms in total. The number of nitrogens with zero attached hydrogens (tertiary/aromatic N) is 3. The molecule has 28 heavy (non-hydrogen) atoms. The Balaban J connectivity index is 1.90. The van der Waals surface area contributed by atoms with Crippen LogP contribution < -0.4 is 10.9 Å². The van der Waals surface area contributed by atoms with Gasteiger partial charge >= 0.3 is 0 Å². The Labute approximate surface area is 161 Å². The number of nitrogens with one attached hydrogen (secondary N) is 2. The second kappa shape index (κ2) is 6.92. The van der Waals surface area contributed by atoms with Crippen LogP contribution in [0.15, 0.2) is 47.3 Å². The Morgan fingerprint density at radius 1 is 1.25 bits per heavy atom. The maximum Gasteiger partial charge on any atom is 0.281 e. The highest BCUT2D eigenvalue weighted by Crippen LogP contribution is 2.23. The number of aryl methyl sites for hydroxylation is 1. The molecule has 2 N–H and O–H groups in total. The van der Waals surface area contributed by atoms with Crippen molar-refractivity contribution in [2.45, 2.75) is 33.2 Å². The summed E-state index contributed by atoms with van der Waals surface area (Å²) >= 11 is 0. The van der Waals surface area contributed by atoms with Crippen LogP contribution in [0.3, 0.4) is 0 Å². The highest BCUT2D eigenvalue weighted by atomic mass is 16.1. The van der Waals surface area contributed by atoms with Crippen LogP contribution in [0.4, 0.5) is 0 Å². The van der Waals surface area contributed by atoms with Gasteiger partial charge in [-0.2, -0.15) is 10.1 Å². The van der Waals surface area contributed by atoms with Crippen molar-refractivity contribution in [3.05, 3.63) is 63.9 Å². The zero-order valence-corrected chi connectivity index (χ0v) is 16.0. The number of H-pyrrole nitrogens is 1. The first kappa shape index (κ1) is 17.9. The lowest BCUT2D eigenvalue weighted by Gasteiger charge is -2.11. The minimum absolute atomic E-state index is 0.0726. The minimum atomic E-state index is -0.348. The molecule has 2 aromatic heterocycles. The van der Waals surface area contributed by atoms with Crippen molar-refractivity contribution < 1.29 is 4.79 Å². The smallest absolute Gasteiger partial charge is 0.281 e. The zero-order chi connectivity index (χ0) is 19.8. The van der Waals surface area contributed by atoms with Crippen molar-refractivity contribution in [2.24, 2.45) is 0 Å². The average Bonchev–Trinajstić information content (AvgIpc) is 3.11. The van der Waals surface area contributed by atoms with Crippen molar-refractivity contribution in [3.8, 4) is 11.3 Å². The van der Waals surface area contributed by atoms with Crippen molar-refractivity contribution in [3.63, 3.8) is 0 Å². The number of fused-ring (bicyclic) bond motifs is 3. The molecule has 0 aliphatic heterocycles. The highest BCUT2D eigenvalue weighted by Gasteiger charge is 2.16. The van der Waals surface area contributed by atoms with Gasteiger partial charge in [0.05, 0.1) is 10.9 Å². The largest absolute Gasteiger partial charge is 0.350 e. The Hall–Kier alpha value is -3.48. The molecule has 4 rings (SSSR count). The number of aromatic nitrogens is 4. The van der Waals surface area contributed by atoms with Crippen LogP contribution in [-0.2, 0) is 0 Å². The molecule has 0 bridgehead atoms. The van der Waals surface area contributed by atoms with Gasteiger partial charge in [-0.25, -0.2) is 9.73 Å². The van der Waals surface area contributed by atoms with E-state index >= 15 is 0 Å². The number of hydrogen-bond acceptors (Lipinski definition) is 4. The van der Waals surface area contributed by atoms with Crippen LogP contribution in [0.2, 0.25) is 0 Å². The summed E-state index contributed by atoms with van der Waals surface area (Å²) in [5, 5.41) is 10.7. The first-order valence-corrected chi connectivity index (χ1v) is 9.26. The number of carbonyl (C=O) groups excluding carboxylic acids is 1. The van der Waals surface area contributed by atoms with Gasteiger partial charge in [-0.15, -0.1) is 0 Å². The second-order valence-corrected chi connectivity index (χ2v) is 7.02. The molecule has 0 radical (unpaired) electrons. The summed E-state index contributed by atoms with van der Waals surface area (Å²) in [4.78, 5) is 29.3. The Kier molecular flexibility index (Phi) is 4.43. The summed E-state index contributed by atoms with van der Waals surface area (Å²) in [5.74, 6) is -0.173. The SMILES string of the molecule is CC[C@H](C)NC(=O)c1ccc2c(=O)nc3c(-c4cccc(C)c4)n[nH]n3c2c1. The van der Waals surface area contributed by atoms with Crippen molar-refractivity contribution in [2.75, 3.05) is 0 Å².